The molecule has 4 heterocycles. The molecule has 2 aliphatic rings. The number of benzene rings is 1. The zero-order valence-electron chi connectivity index (χ0n) is 19.9. The van der Waals surface area contributed by atoms with Gasteiger partial charge in [-0.1, -0.05) is 13.8 Å². The van der Waals surface area contributed by atoms with E-state index in [-0.39, 0.29) is 30.0 Å². The summed E-state index contributed by atoms with van der Waals surface area (Å²) in [5, 5.41) is 12.0. The van der Waals surface area contributed by atoms with E-state index in [9.17, 15) is 19.1 Å². The number of likely N-dealkylation sites (N-methyl/N-ethyl adjacent to an activating group) is 1. The van der Waals surface area contributed by atoms with E-state index in [0.717, 1.165) is 36.0 Å². The Morgan fingerprint density at radius 3 is 2.71 bits per heavy atom. The Hall–Kier alpha value is -3.10. The lowest BCUT2D eigenvalue weighted by atomic mass is 9.86. The van der Waals surface area contributed by atoms with E-state index in [2.05, 4.69) is 11.8 Å². The second-order valence-electron chi connectivity index (χ2n) is 9.29. The third kappa shape index (κ3) is 3.20. The minimum Gasteiger partial charge on any atom is -0.458 e. The monoisotopic (exact) mass is 465 g/mol. The van der Waals surface area contributed by atoms with Crippen molar-refractivity contribution in [1.29, 1.82) is 0 Å². The molecule has 1 aromatic carbocycles. The van der Waals surface area contributed by atoms with Crippen LogP contribution in [-0.4, -0.2) is 45.7 Å². The van der Waals surface area contributed by atoms with Crippen molar-refractivity contribution in [2.45, 2.75) is 52.4 Å². The fourth-order valence-electron chi connectivity index (χ4n) is 5.04. The van der Waals surface area contributed by atoms with Crippen LogP contribution in [0.2, 0.25) is 0 Å². The maximum Gasteiger partial charge on any atom is 0.343 e. The molecule has 0 amide bonds. The molecule has 0 radical (unpaired) electrons. The Labute approximate surface area is 196 Å². The zero-order valence-corrected chi connectivity index (χ0v) is 19.9. The van der Waals surface area contributed by atoms with Crippen LogP contribution in [0.1, 0.15) is 48.1 Å². The number of carbonyl (C=O) groups excluding carboxylic acids is 1. The van der Waals surface area contributed by atoms with Crippen LogP contribution in [0.5, 0.6) is 0 Å². The van der Waals surface area contributed by atoms with Crippen LogP contribution in [0.15, 0.2) is 23.0 Å². The maximum atomic E-state index is 14.5. The quantitative estimate of drug-likeness (QED) is 0.456. The molecule has 178 valence electrons. The van der Waals surface area contributed by atoms with E-state index in [1.807, 2.05) is 13.1 Å². The lowest BCUT2D eigenvalue weighted by molar-refractivity contribution is -0.172. The third-order valence-corrected chi connectivity index (χ3v) is 7.37. The summed E-state index contributed by atoms with van der Waals surface area (Å²) in [5.74, 6) is -1.09. The van der Waals surface area contributed by atoms with Gasteiger partial charge in [-0.2, -0.15) is 0 Å². The average molecular weight is 466 g/mol. The first-order valence-corrected chi connectivity index (χ1v) is 11.7. The number of aromatic nitrogens is 2. The van der Waals surface area contributed by atoms with E-state index >= 15 is 0 Å². The first-order chi connectivity index (χ1) is 16.2. The molecule has 0 saturated carbocycles. The predicted molar refractivity (Wildman–Crippen MR) is 126 cm³/mol. The highest BCUT2D eigenvalue weighted by Gasteiger charge is 2.45. The Morgan fingerprint density at radius 2 is 2.00 bits per heavy atom. The highest BCUT2D eigenvalue weighted by molar-refractivity contribution is 5.89. The van der Waals surface area contributed by atoms with Crippen molar-refractivity contribution in [2.75, 3.05) is 20.1 Å². The number of ether oxygens (including phenoxy) is 1. The second-order valence-corrected chi connectivity index (χ2v) is 9.29. The fourth-order valence-corrected chi connectivity index (χ4v) is 5.04. The number of cyclic esters (lactones) is 1. The van der Waals surface area contributed by atoms with Gasteiger partial charge in [0.05, 0.1) is 29.0 Å². The topological polar surface area (TPSA) is 84.7 Å². The van der Waals surface area contributed by atoms with Gasteiger partial charge in [0.2, 0.25) is 0 Å². The Morgan fingerprint density at radius 1 is 1.24 bits per heavy atom. The van der Waals surface area contributed by atoms with Crippen LogP contribution in [0.3, 0.4) is 0 Å². The van der Waals surface area contributed by atoms with Gasteiger partial charge < -0.3 is 19.3 Å². The maximum absolute atomic E-state index is 14.5. The Balaban J connectivity index is 1.77. The summed E-state index contributed by atoms with van der Waals surface area (Å²) in [6.07, 6.45) is 0.804. The highest BCUT2D eigenvalue weighted by atomic mass is 19.1. The summed E-state index contributed by atoms with van der Waals surface area (Å²) < 4.78 is 21.3. The van der Waals surface area contributed by atoms with Crippen LogP contribution in [0.25, 0.3) is 22.3 Å². The molecule has 1 atom stereocenters. The van der Waals surface area contributed by atoms with Crippen molar-refractivity contribution in [3.05, 3.63) is 62.2 Å². The minimum atomic E-state index is -1.88. The number of hydrogen-bond acceptors (Lipinski definition) is 6. The van der Waals surface area contributed by atoms with E-state index in [1.54, 1.807) is 24.5 Å². The van der Waals surface area contributed by atoms with E-state index in [1.165, 1.54) is 6.07 Å². The number of rotatable bonds is 5. The molecule has 3 aromatic rings. The molecule has 2 aliphatic heterocycles. The largest absolute Gasteiger partial charge is 0.458 e. The van der Waals surface area contributed by atoms with E-state index < -0.39 is 11.6 Å². The standard InChI is InChI=1S/C26H28FN3O4/c1-5-26(33)19-10-22-23-17(12-30(22)24(31)18(19)13-34-25(26)32)15(7-8-29(4)6-2)16-9-14(3)20(27)11-21(16)28-23/h9-11,33H,5-8,12-13H2,1-4H3/t26-/m0/s1. The number of carbonyl (C=O) groups is 1. The summed E-state index contributed by atoms with van der Waals surface area (Å²) in [5.41, 5.74) is 2.57. The number of fused-ring (bicyclic) bond motifs is 5. The van der Waals surface area contributed by atoms with Gasteiger partial charge in [-0.05, 0) is 56.6 Å². The molecule has 2 aromatic heterocycles. The van der Waals surface area contributed by atoms with Crippen LogP contribution < -0.4 is 5.56 Å². The summed E-state index contributed by atoms with van der Waals surface area (Å²) in [4.78, 5) is 32.9. The van der Waals surface area contributed by atoms with Gasteiger partial charge >= 0.3 is 5.97 Å². The van der Waals surface area contributed by atoms with Gasteiger partial charge in [-0.3, -0.25) is 4.79 Å². The molecule has 0 unspecified atom stereocenters. The lowest BCUT2D eigenvalue weighted by Crippen LogP contribution is -2.44. The zero-order chi connectivity index (χ0) is 24.4. The van der Waals surface area contributed by atoms with Crippen LogP contribution in [-0.2, 0) is 34.7 Å². The Bertz CT molecular complexity index is 1410. The lowest BCUT2D eigenvalue weighted by Gasteiger charge is -2.31. The van der Waals surface area contributed by atoms with Gasteiger partial charge in [0.1, 0.15) is 12.4 Å². The number of hydrogen-bond donors (Lipinski definition) is 1. The number of aryl methyl sites for hydroxylation is 1. The fraction of sp³-hybridized carbons (Fsp3) is 0.423. The number of aliphatic hydroxyl groups is 1. The molecular weight excluding hydrogens is 437 g/mol. The molecule has 1 N–H and O–H groups in total. The van der Waals surface area contributed by atoms with Gasteiger partial charge in [0, 0.05) is 29.1 Å². The van der Waals surface area contributed by atoms with Gasteiger partial charge in [0.15, 0.2) is 5.60 Å². The van der Waals surface area contributed by atoms with Crippen molar-refractivity contribution >= 4 is 16.9 Å². The number of pyridine rings is 2. The smallest absolute Gasteiger partial charge is 0.343 e. The van der Waals surface area contributed by atoms with Crippen molar-refractivity contribution in [3.63, 3.8) is 0 Å². The molecule has 0 saturated heterocycles. The van der Waals surface area contributed by atoms with E-state index in [4.69, 9.17) is 9.72 Å². The normalized spacial score (nSPS) is 18.7. The summed E-state index contributed by atoms with van der Waals surface area (Å²) in [6, 6.07) is 4.97. The first-order valence-electron chi connectivity index (χ1n) is 11.7. The molecular formula is C26H28FN3O4. The number of halogens is 1. The van der Waals surface area contributed by atoms with E-state index in [0.29, 0.717) is 34.6 Å². The SMILES string of the molecule is CCN(C)CCc1c2c(nc3cc(F)c(C)cc13)-c1cc3c(c(=O)n1C2)COC(=O)[C@]3(O)CC. The molecule has 0 fully saturated rings. The van der Waals surface area contributed by atoms with Crippen molar-refractivity contribution in [3.8, 4) is 11.4 Å². The van der Waals surface area contributed by atoms with Gasteiger partial charge in [0.25, 0.3) is 5.56 Å². The Kier molecular flexibility index (Phi) is 5.33. The third-order valence-electron chi connectivity index (χ3n) is 7.37. The molecule has 34 heavy (non-hydrogen) atoms. The summed E-state index contributed by atoms with van der Waals surface area (Å²) >= 11 is 0. The van der Waals surface area contributed by atoms with Gasteiger partial charge in [-0.15, -0.1) is 0 Å². The summed E-state index contributed by atoms with van der Waals surface area (Å²) in [7, 11) is 2.05. The van der Waals surface area contributed by atoms with Crippen molar-refractivity contribution in [1.82, 2.24) is 14.5 Å². The molecule has 0 bridgehead atoms. The highest BCUT2D eigenvalue weighted by Crippen LogP contribution is 2.40. The average Bonchev–Trinajstić information content (AvgIpc) is 3.19. The molecule has 0 aliphatic carbocycles. The predicted octanol–water partition coefficient (Wildman–Crippen LogP) is 3.02. The van der Waals surface area contributed by atoms with Crippen LogP contribution in [0.4, 0.5) is 4.39 Å². The van der Waals surface area contributed by atoms with Gasteiger partial charge in [-0.25, -0.2) is 14.2 Å². The molecule has 7 nitrogen and oxygen atoms in total. The summed E-state index contributed by atoms with van der Waals surface area (Å²) in [6.45, 7) is 7.37. The molecule has 0 spiro atoms. The molecule has 5 rings (SSSR count). The first kappa shape index (κ1) is 22.7. The van der Waals surface area contributed by atoms with Crippen LogP contribution in [0, 0.1) is 12.7 Å². The number of esters is 1. The number of nitrogens with zero attached hydrogens (tertiary/aromatic N) is 3. The van der Waals surface area contributed by atoms with Crippen molar-refractivity contribution < 1.29 is 19.0 Å². The van der Waals surface area contributed by atoms with Crippen molar-refractivity contribution in [2.24, 2.45) is 0 Å². The minimum absolute atomic E-state index is 0.0822. The second kappa shape index (κ2) is 7.99. The van der Waals surface area contributed by atoms with Crippen LogP contribution >= 0.6 is 0 Å². The molecule has 8 heteroatoms.